The first-order valence-electron chi connectivity index (χ1n) is 11.5. The van der Waals surface area contributed by atoms with Crippen molar-refractivity contribution in [1.29, 1.82) is 0 Å². The molecule has 35 heavy (non-hydrogen) atoms. The Morgan fingerprint density at radius 1 is 0.943 bits per heavy atom. The van der Waals surface area contributed by atoms with E-state index < -0.39 is 10.1 Å². The van der Waals surface area contributed by atoms with E-state index in [0.29, 0.717) is 23.4 Å². The van der Waals surface area contributed by atoms with Gasteiger partial charge in [-0.2, -0.15) is 23.4 Å². The summed E-state index contributed by atoms with van der Waals surface area (Å²) in [7, 11) is -2.25. The molecule has 0 spiro atoms. The van der Waals surface area contributed by atoms with Crippen LogP contribution < -0.4 is 15.5 Å². The van der Waals surface area contributed by atoms with E-state index in [-0.39, 0.29) is 22.0 Å². The summed E-state index contributed by atoms with van der Waals surface area (Å²) >= 11 is 0. The number of rotatable bonds is 6. The molecule has 0 atom stereocenters. The van der Waals surface area contributed by atoms with Crippen LogP contribution in [0.15, 0.2) is 59.5 Å². The van der Waals surface area contributed by atoms with Crippen LogP contribution in [0.1, 0.15) is 40.5 Å². The van der Waals surface area contributed by atoms with Gasteiger partial charge in [0, 0.05) is 35.4 Å². The molecular formula is C25H32N6O3S. The van der Waals surface area contributed by atoms with Gasteiger partial charge in [-0.25, -0.2) is 0 Å². The van der Waals surface area contributed by atoms with Crippen LogP contribution in [0.4, 0.5) is 17.6 Å². The Morgan fingerprint density at radius 2 is 1.54 bits per heavy atom. The molecule has 186 valence electrons. The Kier molecular flexibility index (Phi) is 6.56. The van der Waals surface area contributed by atoms with E-state index in [4.69, 9.17) is 9.97 Å². The minimum Gasteiger partial charge on any atom is -0.341 e. The van der Waals surface area contributed by atoms with E-state index in [0.717, 1.165) is 18.4 Å². The van der Waals surface area contributed by atoms with E-state index in [1.54, 1.807) is 12.1 Å². The molecule has 0 amide bonds. The quantitative estimate of drug-likeness (QED) is 0.430. The van der Waals surface area contributed by atoms with Gasteiger partial charge in [-0.3, -0.25) is 4.55 Å². The highest BCUT2D eigenvalue weighted by atomic mass is 32.2. The topological polar surface area (TPSA) is 120 Å². The normalized spacial score (nSPS) is 17.7. The van der Waals surface area contributed by atoms with Crippen LogP contribution in [0.2, 0.25) is 0 Å². The molecule has 9 nitrogen and oxygen atoms in total. The SMILES string of the molecule is CN(c1nc(Nc2ccc(S(=O)(=O)O)cc2)nc(-c2ccccc2)n1)C1CC(C)(C)NC(C)(C)C1. The number of nitrogens with zero attached hydrogens (tertiary/aromatic N) is 4. The van der Waals surface area contributed by atoms with Crippen molar-refractivity contribution >= 4 is 27.7 Å². The van der Waals surface area contributed by atoms with Crippen LogP contribution in [0.25, 0.3) is 11.4 Å². The molecule has 0 unspecified atom stereocenters. The first-order valence-corrected chi connectivity index (χ1v) is 12.9. The van der Waals surface area contributed by atoms with Gasteiger partial charge in [0.2, 0.25) is 11.9 Å². The fourth-order valence-corrected chi connectivity index (χ4v) is 5.32. The van der Waals surface area contributed by atoms with E-state index >= 15 is 0 Å². The highest BCUT2D eigenvalue weighted by molar-refractivity contribution is 7.85. The Labute approximate surface area is 206 Å². The number of piperidine rings is 1. The summed E-state index contributed by atoms with van der Waals surface area (Å²) in [5.41, 5.74) is 1.37. The van der Waals surface area contributed by atoms with Crippen molar-refractivity contribution in [2.75, 3.05) is 17.3 Å². The van der Waals surface area contributed by atoms with Crippen molar-refractivity contribution in [3.63, 3.8) is 0 Å². The van der Waals surface area contributed by atoms with Gasteiger partial charge in [-0.1, -0.05) is 30.3 Å². The Bertz CT molecular complexity index is 1280. The molecule has 2 heterocycles. The third kappa shape index (κ3) is 6.14. The molecule has 0 saturated carbocycles. The standard InChI is InChI=1S/C25H32N6O3S/c1-24(2)15-19(16-25(3,4)30-24)31(5)23-28-21(17-9-7-6-8-10-17)27-22(29-23)26-18-11-13-20(14-12-18)35(32,33)34/h6-14,19,30H,15-16H2,1-5H3,(H,32,33,34)(H,26,27,28,29). The fourth-order valence-electron chi connectivity index (χ4n) is 4.84. The molecule has 1 aliphatic rings. The lowest BCUT2D eigenvalue weighted by Crippen LogP contribution is -2.62. The third-order valence-corrected chi connectivity index (χ3v) is 6.96. The van der Waals surface area contributed by atoms with Crippen LogP contribution in [0.5, 0.6) is 0 Å². The second-order valence-corrected chi connectivity index (χ2v) is 11.8. The van der Waals surface area contributed by atoms with Crippen molar-refractivity contribution < 1.29 is 13.0 Å². The van der Waals surface area contributed by atoms with Gasteiger partial charge in [-0.15, -0.1) is 0 Å². The van der Waals surface area contributed by atoms with Crippen LogP contribution in [-0.2, 0) is 10.1 Å². The maximum Gasteiger partial charge on any atom is 0.294 e. The average Bonchev–Trinajstić information content (AvgIpc) is 2.76. The molecule has 0 bridgehead atoms. The molecule has 3 N–H and O–H groups in total. The zero-order chi connectivity index (χ0) is 25.4. The summed E-state index contributed by atoms with van der Waals surface area (Å²) in [5.74, 6) is 1.43. The van der Waals surface area contributed by atoms with Crippen molar-refractivity contribution in [2.24, 2.45) is 0 Å². The second kappa shape index (κ2) is 9.18. The van der Waals surface area contributed by atoms with Crippen molar-refractivity contribution in [1.82, 2.24) is 20.3 Å². The Hall–Kier alpha value is -3.08. The third-order valence-electron chi connectivity index (χ3n) is 6.10. The summed E-state index contributed by atoms with van der Waals surface area (Å²) in [6, 6.07) is 15.7. The average molecular weight is 497 g/mol. The van der Waals surface area contributed by atoms with Gasteiger partial charge >= 0.3 is 0 Å². The number of aromatic nitrogens is 3. The molecular weight excluding hydrogens is 464 g/mol. The van der Waals surface area contributed by atoms with Gasteiger partial charge in [0.1, 0.15) is 0 Å². The van der Waals surface area contributed by atoms with E-state index in [9.17, 15) is 13.0 Å². The second-order valence-electron chi connectivity index (χ2n) is 10.3. The molecule has 1 aromatic heterocycles. The lowest BCUT2D eigenvalue weighted by molar-refractivity contribution is 0.160. The fraction of sp³-hybridized carbons (Fsp3) is 0.400. The van der Waals surface area contributed by atoms with Crippen LogP contribution in [0, 0.1) is 0 Å². The number of anilines is 3. The number of nitrogens with one attached hydrogen (secondary N) is 2. The van der Waals surface area contributed by atoms with E-state index in [1.807, 2.05) is 37.4 Å². The lowest BCUT2D eigenvalue weighted by atomic mass is 9.79. The minimum atomic E-state index is -4.27. The van der Waals surface area contributed by atoms with Crippen molar-refractivity contribution in [3.8, 4) is 11.4 Å². The van der Waals surface area contributed by atoms with Gasteiger partial charge < -0.3 is 15.5 Å². The molecule has 2 aromatic carbocycles. The number of benzene rings is 2. The highest BCUT2D eigenvalue weighted by Crippen LogP contribution is 2.33. The summed E-state index contributed by atoms with van der Waals surface area (Å²) in [4.78, 5) is 16.0. The number of hydrogen-bond acceptors (Lipinski definition) is 8. The molecule has 1 saturated heterocycles. The van der Waals surface area contributed by atoms with E-state index in [1.165, 1.54) is 12.1 Å². The summed E-state index contributed by atoms with van der Waals surface area (Å²) in [6.45, 7) is 8.84. The van der Waals surface area contributed by atoms with Gasteiger partial charge in [-0.05, 0) is 64.8 Å². The maximum atomic E-state index is 11.4. The predicted octanol–water partition coefficient (Wildman–Crippen LogP) is 4.27. The number of hydrogen-bond donors (Lipinski definition) is 3. The highest BCUT2D eigenvalue weighted by Gasteiger charge is 2.39. The largest absolute Gasteiger partial charge is 0.341 e. The molecule has 1 aliphatic heterocycles. The molecule has 10 heteroatoms. The van der Waals surface area contributed by atoms with Crippen molar-refractivity contribution in [3.05, 3.63) is 54.6 Å². The van der Waals surface area contributed by atoms with Gasteiger partial charge in [0.15, 0.2) is 5.82 Å². The molecule has 0 aliphatic carbocycles. The Morgan fingerprint density at radius 3 is 2.11 bits per heavy atom. The monoisotopic (exact) mass is 496 g/mol. The van der Waals surface area contributed by atoms with Crippen LogP contribution in [0.3, 0.4) is 0 Å². The van der Waals surface area contributed by atoms with Crippen LogP contribution in [-0.4, -0.2) is 52.1 Å². The minimum absolute atomic E-state index is 0.0359. The van der Waals surface area contributed by atoms with E-state index in [2.05, 4.69) is 48.2 Å². The molecule has 3 aromatic rings. The first-order chi connectivity index (χ1) is 16.3. The summed E-state index contributed by atoms with van der Waals surface area (Å²) < 4.78 is 32.0. The first kappa shape index (κ1) is 25.0. The zero-order valence-corrected chi connectivity index (χ0v) is 21.5. The van der Waals surface area contributed by atoms with Crippen molar-refractivity contribution in [2.45, 2.75) is 62.6 Å². The molecule has 0 radical (unpaired) electrons. The summed E-state index contributed by atoms with van der Waals surface area (Å²) in [5, 5.41) is 6.86. The van der Waals surface area contributed by atoms with Gasteiger partial charge in [0.25, 0.3) is 10.1 Å². The lowest BCUT2D eigenvalue weighted by Gasteiger charge is -2.48. The molecule has 4 rings (SSSR count). The summed E-state index contributed by atoms with van der Waals surface area (Å²) in [6.07, 6.45) is 1.86. The Balaban J connectivity index is 1.70. The van der Waals surface area contributed by atoms with Crippen LogP contribution >= 0.6 is 0 Å². The predicted molar refractivity (Wildman–Crippen MR) is 138 cm³/mol. The van der Waals surface area contributed by atoms with Gasteiger partial charge in [0.05, 0.1) is 4.90 Å². The molecule has 1 fully saturated rings. The zero-order valence-electron chi connectivity index (χ0n) is 20.6. The maximum absolute atomic E-state index is 11.4. The smallest absolute Gasteiger partial charge is 0.294 e.